The van der Waals surface area contributed by atoms with Gasteiger partial charge in [-0.2, -0.15) is 0 Å². The van der Waals surface area contributed by atoms with Gasteiger partial charge in [0.25, 0.3) is 0 Å². The third-order valence-electron chi connectivity index (χ3n) is 3.67. The molecule has 1 rings (SSSR count). The number of nitrogens with one attached hydrogen (secondary N) is 1. The Kier molecular flexibility index (Phi) is 6.53. The van der Waals surface area contributed by atoms with Crippen LogP contribution >= 0.6 is 0 Å². The van der Waals surface area contributed by atoms with Gasteiger partial charge in [0.15, 0.2) is 0 Å². The van der Waals surface area contributed by atoms with Crippen LogP contribution in [0.4, 0.5) is 0 Å². The van der Waals surface area contributed by atoms with E-state index in [-0.39, 0.29) is 5.60 Å². The molecule has 1 unspecified atom stereocenters. The normalized spacial score (nSPS) is 13.5. The lowest BCUT2D eigenvalue weighted by molar-refractivity contribution is 0.0117. The minimum atomic E-state index is -0.0457. The Balaban J connectivity index is 2.71. The fourth-order valence-corrected chi connectivity index (χ4v) is 2.19. The molecule has 1 aromatic carbocycles. The zero-order valence-corrected chi connectivity index (χ0v) is 13.1. The van der Waals surface area contributed by atoms with Gasteiger partial charge in [-0.3, -0.25) is 0 Å². The minimum absolute atomic E-state index is 0.0457. The highest BCUT2D eigenvalue weighted by atomic mass is 16.5. The van der Waals surface area contributed by atoms with E-state index < -0.39 is 0 Å². The molecule has 0 amide bonds. The summed E-state index contributed by atoms with van der Waals surface area (Å²) in [5, 5.41) is 3.65. The predicted octanol–water partition coefficient (Wildman–Crippen LogP) is 4.24. The predicted molar refractivity (Wildman–Crippen MR) is 82.5 cm³/mol. The molecule has 2 heteroatoms. The van der Waals surface area contributed by atoms with Crippen LogP contribution < -0.4 is 5.32 Å². The lowest BCUT2D eigenvalue weighted by Gasteiger charge is -2.27. The second-order valence-electron chi connectivity index (χ2n) is 5.92. The van der Waals surface area contributed by atoms with Crippen LogP contribution in [0.15, 0.2) is 24.3 Å². The Bertz CT molecular complexity index is 373. The van der Waals surface area contributed by atoms with Crippen molar-refractivity contribution in [1.29, 1.82) is 0 Å². The van der Waals surface area contributed by atoms with Gasteiger partial charge in [0.1, 0.15) is 0 Å². The lowest BCUT2D eigenvalue weighted by Crippen LogP contribution is -2.28. The van der Waals surface area contributed by atoms with Crippen molar-refractivity contribution in [2.75, 3.05) is 13.7 Å². The van der Waals surface area contributed by atoms with E-state index in [1.54, 1.807) is 7.11 Å². The van der Waals surface area contributed by atoms with Gasteiger partial charge in [-0.25, -0.2) is 0 Å². The van der Waals surface area contributed by atoms with Crippen molar-refractivity contribution in [2.45, 2.75) is 58.6 Å². The summed E-state index contributed by atoms with van der Waals surface area (Å²) in [6.45, 7) is 9.73. The highest BCUT2D eigenvalue weighted by Gasteiger charge is 2.20. The average molecular weight is 263 g/mol. The number of aryl methyl sites for hydroxylation is 1. The maximum absolute atomic E-state index is 5.52. The molecule has 0 radical (unpaired) electrons. The molecule has 1 N–H and O–H groups in total. The Labute approximate surface area is 118 Å². The second-order valence-corrected chi connectivity index (χ2v) is 5.92. The number of hydrogen-bond acceptors (Lipinski definition) is 2. The molecule has 0 fully saturated rings. The fraction of sp³-hybridized carbons (Fsp3) is 0.647. The quantitative estimate of drug-likeness (QED) is 0.757. The molecule has 19 heavy (non-hydrogen) atoms. The summed E-state index contributed by atoms with van der Waals surface area (Å²) in [7, 11) is 1.79. The van der Waals surface area contributed by atoms with E-state index >= 15 is 0 Å². The zero-order chi connectivity index (χ0) is 14.3. The highest BCUT2D eigenvalue weighted by Crippen LogP contribution is 2.25. The van der Waals surface area contributed by atoms with E-state index in [9.17, 15) is 0 Å². The van der Waals surface area contributed by atoms with Gasteiger partial charge in [0.2, 0.25) is 0 Å². The molecule has 0 aliphatic heterocycles. The third-order valence-corrected chi connectivity index (χ3v) is 3.67. The van der Waals surface area contributed by atoms with Crippen LogP contribution in [0, 0.1) is 6.92 Å². The van der Waals surface area contributed by atoms with Gasteiger partial charge in [0.05, 0.1) is 5.60 Å². The molecule has 1 atom stereocenters. The third kappa shape index (κ3) is 5.75. The Morgan fingerprint density at radius 3 is 2.63 bits per heavy atom. The van der Waals surface area contributed by atoms with Crippen LogP contribution in [0.1, 0.15) is 57.2 Å². The van der Waals surface area contributed by atoms with E-state index in [0.717, 1.165) is 25.8 Å². The highest BCUT2D eigenvalue weighted by molar-refractivity contribution is 5.25. The number of benzene rings is 1. The fourth-order valence-electron chi connectivity index (χ4n) is 2.19. The van der Waals surface area contributed by atoms with Crippen LogP contribution in [0.2, 0.25) is 0 Å². The summed E-state index contributed by atoms with van der Waals surface area (Å²) in [6.07, 6.45) is 3.32. The number of rotatable bonds is 8. The first-order valence-corrected chi connectivity index (χ1v) is 7.33. The van der Waals surface area contributed by atoms with Crippen molar-refractivity contribution in [3.8, 4) is 0 Å². The molecule has 1 aromatic rings. The summed E-state index contributed by atoms with van der Waals surface area (Å²) < 4.78 is 5.52. The number of methoxy groups -OCH3 is 1. The second kappa shape index (κ2) is 7.66. The van der Waals surface area contributed by atoms with Gasteiger partial charge in [-0.05, 0) is 52.1 Å². The monoisotopic (exact) mass is 263 g/mol. The molecular formula is C17H29NO. The molecule has 0 heterocycles. The smallest absolute Gasteiger partial charge is 0.0623 e. The molecule has 0 aliphatic rings. The van der Waals surface area contributed by atoms with Crippen molar-refractivity contribution in [3.05, 3.63) is 35.4 Å². The summed E-state index contributed by atoms with van der Waals surface area (Å²) in [6, 6.07) is 9.23. The number of hydrogen-bond donors (Lipinski definition) is 1. The molecule has 0 aromatic heterocycles. The van der Waals surface area contributed by atoms with Crippen LogP contribution in [-0.4, -0.2) is 19.3 Å². The van der Waals surface area contributed by atoms with Crippen molar-refractivity contribution < 1.29 is 4.74 Å². The van der Waals surface area contributed by atoms with Crippen LogP contribution in [0.5, 0.6) is 0 Å². The lowest BCUT2D eigenvalue weighted by atomic mass is 9.94. The molecule has 108 valence electrons. The number of ether oxygens (including phenoxy) is 1. The van der Waals surface area contributed by atoms with Crippen molar-refractivity contribution in [3.63, 3.8) is 0 Å². The first kappa shape index (κ1) is 16.2. The zero-order valence-electron chi connectivity index (χ0n) is 13.1. The standard InChI is InChI=1S/C17H29NO/c1-6-12-18-16(10-11-17(3,4)19-5)15-9-7-8-14(2)13-15/h7-9,13,16,18H,6,10-12H2,1-5H3. The topological polar surface area (TPSA) is 21.3 Å². The molecular weight excluding hydrogens is 234 g/mol. The maximum Gasteiger partial charge on any atom is 0.0623 e. The van der Waals surface area contributed by atoms with Gasteiger partial charge >= 0.3 is 0 Å². The van der Waals surface area contributed by atoms with Gasteiger partial charge in [-0.1, -0.05) is 36.8 Å². The van der Waals surface area contributed by atoms with Gasteiger partial charge in [-0.15, -0.1) is 0 Å². The largest absolute Gasteiger partial charge is 0.379 e. The Hall–Kier alpha value is -0.860. The molecule has 0 aliphatic carbocycles. The Morgan fingerprint density at radius 2 is 2.05 bits per heavy atom. The van der Waals surface area contributed by atoms with E-state index in [1.165, 1.54) is 11.1 Å². The van der Waals surface area contributed by atoms with Crippen molar-refractivity contribution in [2.24, 2.45) is 0 Å². The summed E-state index contributed by atoms with van der Waals surface area (Å²) >= 11 is 0. The van der Waals surface area contributed by atoms with E-state index in [0.29, 0.717) is 6.04 Å². The molecule has 0 spiro atoms. The minimum Gasteiger partial charge on any atom is -0.379 e. The van der Waals surface area contributed by atoms with Crippen LogP contribution in [0.25, 0.3) is 0 Å². The molecule has 0 saturated heterocycles. The Morgan fingerprint density at radius 1 is 1.32 bits per heavy atom. The van der Waals surface area contributed by atoms with Crippen molar-refractivity contribution >= 4 is 0 Å². The molecule has 2 nitrogen and oxygen atoms in total. The van der Waals surface area contributed by atoms with Gasteiger partial charge in [0, 0.05) is 13.2 Å². The van der Waals surface area contributed by atoms with E-state index in [4.69, 9.17) is 4.74 Å². The first-order valence-electron chi connectivity index (χ1n) is 7.33. The van der Waals surface area contributed by atoms with Crippen LogP contribution in [0.3, 0.4) is 0 Å². The summed E-state index contributed by atoms with van der Waals surface area (Å²) in [5.41, 5.74) is 2.67. The van der Waals surface area contributed by atoms with Gasteiger partial charge < -0.3 is 10.1 Å². The van der Waals surface area contributed by atoms with E-state index in [1.807, 2.05) is 0 Å². The molecule has 0 bridgehead atoms. The molecule has 0 saturated carbocycles. The summed E-state index contributed by atoms with van der Waals surface area (Å²) in [4.78, 5) is 0. The van der Waals surface area contributed by atoms with Crippen LogP contribution in [-0.2, 0) is 4.74 Å². The summed E-state index contributed by atoms with van der Waals surface area (Å²) in [5.74, 6) is 0. The average Bonchev–Trinajstić information content (AvgIpc) is 2.39. The van der Waals surface area contributed by atoms with Crippen molar-refractivity contribution in [1.82, 2.24) is 5.32 Å². The maximum atomic E-state index is 5.52. The first-order chi connectivity index (χ1) is 8.98. The van der Waals surface area contributed by atoms with E-state index in [2.05, 4.69) is 57.3 Å². The SMILES string of the molecule is CCCNC(CCC(C)(C)OC)c1cccc(C)c1.